The highest BCUT2D eigenvalue weighted by Crippen LogP contribution is 2.42. The topological polar surface area (TPSA) is 62.3 Å². The highest BCUT2D eigenvalue weighted by atomic mass is 16.5. The number of benzene rings is 2. The number of anilines is 1. The molecule has 1 heterocycles. The molecule has 2 aromatic rings. The van der Waals surface area contributed by atoms with Crippen LogP contribution >= 0.6 is 0 Å². The van der Waals surface area contributed by atoms with E-state index in [0.717, 1.165) is 29.9 Å². The number of fused-ring (bicyclic) bond motifs is 1. The van der Waals surface area contributed by atoms with E-state index >= 15 is 0 Å². The average molecular weight is 321 g/mol. The van der Waals surface area contributed by atoms with Crippen molar-refractivity contribution in [1.29, 1.82) is 5.41 Å². The van der Waals surface area contributed by atoms with E-state index in [1.165, 1.54) is 23.7 Å². The standard InChI is InChI=1S/C20H23N3O/c1-14-8-9-18-19(23(14)2)11-10-17(15(12-21)13-22)20(18)24-16-6-4-3-5-7-16/h3-7,10-14,21H,8-9,22H2,1-2H3/b15-13+,21-12?. The maximum atomic E-state index is 7.65. The molecule has 124 valence electrons. The molecule has 1 atom stereocenters. The van der Waals surface area contributed by atoms with E-state index < -0.39 is 0 Å². The number of ether oxygens (including phenoxy) is 1. The summed E-state index contributed by atoms with van der Waals surface area (Å²) in [6, 6.07) is 14.3. The quantitative estimate of drug-likeness (QED) is 0.830. The highest BCUT2D eigenvalue weighted by Gasteiger charge is 2.25. The van der Waals surface area contributed by atoms with E-state index in [1.807, 2.05) is 36.4 Å². The molecule has 2 aromatic carbocycles. The van der Waals surface area contributed by atoms with Gasteiger partial charge in [0.05, 0.1) is 0 Å². The minimum absolute atomic E-state index is 0.500. The summed E-state index contributed by atoms with van der Waals surface area (Å²) in [6.07, 6.45) is 4.76. The third-order valence-corrected chi connectivity index (χ3v) is 4.70. The van der Waals surface area contributed by atoms with Crippen LogP contribution in [0.5, 0.6) is 11.5 Å². The Labute approximate surface area is 143 Å². The maximum Gasteiger partial charge on any atom is 0.140 e. The minimum Gasteiger partial charge on any atom is -0.456 e. The molecule has 4 nitrogen and oxygen atoms in total. The van der Waals surface area contributed by atoms with Gasteiger partial charge in [0.15, 0.2) is 0 Å². The first kappa shape index (κ1) is 16.1. The van der Waals surface area contributed by atoms with Gasteiger partial charge in [0.2, 0.25) is 0 Å². The largest absolute Gasteiger partial charge is 0.456 e. The number of nitrogens with zero attached hydrogens (tertiary/aromatic N) is 1. The molecule has 0 aliphatic carbocycles. The van der Waals surface area contributed by atoms with Crippen LogP contribution in [0.15, 0.2) is 48.7 Å². The van der Waals surface area contributed by atoms with E-state index in [4.69, 9.17) is 15.9 Å². The summed E-state index contributed by atoms with van der Waals surface area (Å²) < 4.78 is 6.25. The number of nitrogens with two attached hydrogens (primary N) is 1. The fraction of sp³-hybridized carbons (Fsp3) is 0.250. The zero-order chi connectivity index (χ0) is 17.1. The van der Waals surface area contributed by atoms with Gasteiger partial charge in [-0.15, -0.1) is 0 Å². The third kappa shape index (κ3) is 2.87. The number of rotatable bonds is 4. The fourth-order valence-corrected chi connectivity index (χ4v) is 3.14. The zero-order valence-electron chi connectivity index (χ0n) is 14.1. The van der Waals surface area contributed by atoms with Gasteiger partial charge in [-0.25, -0.2) is 0 Å². The highest BCUT2D eigenvalue weighted by molar-refractivity contribution is 6.09. The second kappa shape index (κ2) is 6.79. The van der Waals surface area contributed by atoms with Gasteiger partial charge in [0, 0.05) is 47.9 Å². The van der Waals surface area contributed by atoms with Gasteiger partial charge >= 0.3 is 0 Å². The molecule has 3 N–H and O–H groups in total. The van der Waals surface area contributed by atoms with Crippen LogP contribution in [0.1, 0.15) is 24.5 Å². The summed E-state index contributed by atoms with van der Waals surface area (Å²) >= 11 is 0. The van der Waals surface area contributed by atoms with Gasteiger partial charge in [-0.1, -0.05) is 18.2 Å². The SMILES string of the molecule is CC1CCc2c(ccc(/C(C=N)=C/N)c2Oc2ccccc2)N1C. The second-order valence-corrected chi connectivity index (χ2v) is 6.12. The average Bonchev–Trinajstić information content (AvgIpc) is 2.61. The van der Waals surface area contributed by atoms with Crippen LogP contribution in [0, 0.1) is 5.41 Å². The van der Waals surface area contributed by atoms with Crippen molar-refractivity contribution >= 4 is 17.5 Å². The molecular formula is C20H23N3O. The third-order valence-electron chi connectivity index (χ3n) is 4.70. The fourth-order valence-electron chi connectivity index (χ4n) is 3.14. The van der Waals surface area contributed by atoms with Crippen molar-refractivity contribution in [3.8, 4) is 11.5 Å². The predicted molar refractivity (Wildman–Crippen MR) is 100 cm³/mol. The van der Waals surface area contributed by atoms with Crippen LogP contribution in [0.4, 0.5) is 5.69 Å². The van der Waals surface area contributed by atoms with Crippen LogP contribution in [-0.2, 0) is 6.42 Å². The molecule has 24 heavy (non-hydrogen) atoms. The second-order valence-electron chi connectivity index (χ2n) is 6.12. The first-order valence-corrected chi connectivity index (χ1v) is 8.20. The molecule has 0 saturated carbocycles. The van der Waals surface area contributed by atoms with Gasteiger partial charge < -0.3 is 20.8 Å². The molecule has 0 amide bonds. The van der Waals surface area contributed by atoms with Crippen molar-refractivity contribution in [1.82, 2.24) is 0 Å². The summed E-state index contributed by atoms with van der Waals surface area (Å²) in [5.41, 5.74) is 9.60. The normalized spacial score (nSPS) is 17.3. The van der Waals surface area contributed by atoms with Crippen LogP contribution in [-0.4, -0.2) is 19.3 Å². The van der Waals surface area contributed by atoms with E-state index in [0.29, 0.717) is 11.6 Å². The Morgan fingerprint density at radius 1 is 1.25 bits per heavy atom. The Bertz CT molecular complexity index is 768. The van der Waals surface area contributed by atoms with Crippen molar-refractivity contribution in [3.63, 3.8) is 0 Å². The Morgan fingerprint density at radius 3 is 2.67 bits per heavy atom. The van der Waals surface area contributed by atoms with Crippen LogP contribution < -0.4 is 15.4 Å². The number of nitrogens with one attached hydrogen (secondary N) is 1. The lowest BCUT2D eigenvalue weighted by molar-refractivity contribution is 0.467. The summed E-state index contributed by atoms with van der Waals surface area (Å²) in [5.74, 6) is 1.59. The molecule has 4 heteroatoms. The maximum absolute atomic E-state index is 7.65. The summed E-state index contributed by atoms with van der Waals surface area (Å²) in [5, 5.41) is 7.65. The van der Waals surface area contributed by atoms with Gasteiger partial charge in [-0.05, 0) is 44.0 Å². The van der Waals surface area contributed by atoms with Gasteiger partial charge in [0.25, 0.3) is 0 Å². The van der Waals surface area contributed by atoms with Gasteiger partial charge in [-0.3, -0.25) is 0 Å². The molecule has 1 aliphatic rings. The lowest BCUT2D eigenvalue weighted by atomic mass is 9.92. The first-order chi connectivity index (χ1) is 11.7. The lowest BCUT2D eigenvalue weighted by Gasteiger charge is -2.35. The van der Waals surface area contributed by atoms with Crippen molar-refractivity contribution < 1.29 is 4.74 Å². The molecule has 0 aromatic heterocycles. The molecule has 0 saturated heterocycles. The molecule has 0 radical (unpaired) electrons. The van der Waals surface area contributed by atoms with Gasteiger partial charge in [0.1, 0.15) is 11.5 Å². The lowest BCUT2D eigenvalue weighted by Crippen LogP contribution is -2.33. The van der Waals surface area contributed by atoms with E-state index in [2.05, 4.69) is 24.9 Å². The summed E-state index contributed by atoms with van der Waals surface area (Å²) in [6.45, 7) is 2.23. The first-order valence-electron chi connectivity index (χ1n) is 8.20. The molecular weight excluding hydrogens is 298 g/mol. The molecule has 0 spiro atoms. The Kier molecular flexibility index (Phi) is 4.56. The Morgan fingerprint density at radius 2 is 2.00 bits per heavy atom. The molecule has 1 aliphatic heterocycles. The van der Waals surface area contributed by atoms with Crippen LogP contribution in [0.2, 0.25) is 0 Å². The Hall–Kier alpha value is -2.75. The van der Waals surface area contributed by atoms with Crippen molar-refractivity contribution in [2.45, 2.75) is 25.8 Å². The van der Waals surface area contributed by atoms with E-state index in [1.54, 1.807) is 0 Å². The van der Waals surface area contributed by atoms with Crippen molar-refractivity contribution in [2.75, 3.05) is 11.9 Å². The number of allylic oxidation sites excluding steroid dienone is 1. The number of para-hydroxylation sites is 1. The number of hydrogen-bond donors (Lipinski definition) is 2. The van der Waals surface area contributed by atoms with E-state index in [9.17, 15) is 0 Å². The molecule has 0 bridgehead atoms. The number of hydrogen-bond acceptors (Lipinski definition) is 4. The monoisotopic (exact) mass is 321 g/mol. The minimum atomic E-state index is 0.500. The van der Waals surface area contributed by atoms with Crippen molar-refractivity contribution in [2.24, 2.45) is 5.73 Å². The van der Waals surface area contributed by atoms with E-state index in [-0.39, 0.29) is 0 Å². The molecule has 0 fully saturated rings. The smallest absolute Gasteiger partial charge is 0.140 e. The van der Waals surface area contributed by atoms with Crippen LogP contribution in [0.25, 0.3) is 5.57 Å². The van der Waals surface area contributed by atoms with Crippen molar-refractivity contribution in [3.05, 3.63) is 59.8 Å². The Balaban J connectivity index is 2.16. The zero-order valence-corrected chi connectivity index (χ0v) is 14.1. The van der Waals surface area contributed by atoms with Crippen LogP contribution in [0.3, 0.4) is 0 Å². The van der Waals surface area contributed by atoms with Gasteiger partial charge in [-0.2, -0.15) is 0 Å². The summed E-state index contributed by atoms with van der Waals surface area (Å²) in [4.78, 5) is 2.29. The summed E-state index contributed by atoms with van der Waals surface area (Å²) in [7, 11) is 2.12. The predicted octanol–water partition coefficient (Wildman–Crippen LogP) is 4.20. The molecule has 1 unspecified atom stereocenters. The molecule has 3 rings (SSSR count).